The molecular formula is C58H95B2Cl3N2O18PS3V. The first-order chi connectivity index (χ1) is 39.8. The number of rotatable bonds is 31. The Labute approximate surface area is 561 Å². The van der Waals surface area contributed by atoms with Crippen LogP contribution in [-0.2, 0) is 109 Å². The smallest absolute Gasteiger partial charge is 0 e. The van der Waals surface area contributed by atoms with E-state index in [2.05, 4.69) is 50.4 Å². The Morgan fingerprint density at radius 1 is 0.670 bits per heavy atom. The number of carbonyl (C=O) groups excluding carboxylic acids is 6. The summed E-state index contributed by atoms with van der Waals surface area (Å²) in [5.74, 6) is -2.26. The summed E-state index contributed by atoms with van der Waals surface area (Å²) in [6.07, 6.45) is 8.69. The first-order valence-corrected chi connectivity index (χ1v) is 32.9. The normalized spacial score (nSPS) is 12.2. The predicted octanol–water partition coefficient (Wildman–Crippen LogP) is 9.77. The number of ether oxygens (including phenoxy) is 6. The van der Waals surface area contributed by atoms with E-state index in [0.29, 0.717) is 75.1 Å². The molecule has 2 rings (SSSR count). The first-order valence-electron chi connectivity index (χ1n) is 27.1. The molecular weight excluding hydrogens is 1320 g/mol. The number of methoxy groups -OCH3 is 3. The molecule has 0 aliphatic heterocycles. The van der Waals surface area contributed by atoms with Gasteiger partial charge >= 0.3 is 69.9 Å². The molecule has 500 valence electrons. The summed E-state index contributed by atoms with van der Waals surface area (Å²) < 4.78 is 96.4. The standard InChI is InChI=1S/C23H36ClNO7S.C13H23ClO4.C10H13NO3S.C6H9ClO2.C5H8O2.CH4.B2H2PS.V/c1-6-23(4,17-22(2,3)20(26)31-5)21(27)32-15-9-11-18(24)19-12-7-8-13-25(19)14-10-16-33(28,29)30;1-6-13(4,11(16)18-8-7-14)9-12(2,3)10(15)17-5;1-2-10-6-3-4-7-11(10)8-5-9-15(12,13)14;1-5(2)6(8)9-4-3-7;1-4(2)5(6)7-3;;3-1-2-4;/h7-8,12-13,18H,6,9-11,14-17H2,1-5H3;6-9H2,1-5H3;2-4,6-7H,1,5,8-9H2;1,3-4H2,2H3;1H2,2-3H3;1H4;3H2;. The van der Waals surface area contributed by atoms with Crippen molar-refractivity contribution < 1.29 is 111 Å². The van der Waals surface area contributed by atoms with Gasteiger partial charge in [0.05, 0.1) is 81.6 Å². The molecule has 0 N–H and O–H groups in total. The topological polar surface area (TPSA) is 280 Å². The van der Waals surface area contributed by atoms with Crippen LogP contribution in [0.3, 0.4) is 0 Å². The molecule has 0 aliphatic carbocycles. The minimum Gasteiger partial charge on any atom is 0 e. The van der Waals surface area contributed by atoms with Crippen molar-refractivity contribution in [2.24, 2.45) is 21.7 Å². The van der Waals surface area contributed by atoms with Crippen LogP contribution in [0.4, 0.5) is 0 Å². The fourth-order valence-corrected chi connectivity index (χ4v) is 8.97. The van der Waals surface area contributed by atoms with Crippen molar-refractivity contribution in [3.05, 3.63) is 91.1 Å². The molecule has 30 heteroatoms. The molecule has 4 atom stereocenters. The number of halogens is 3. The van der Waals surface area contributed by atoms with E-state index < -0.39 is 47.6 Å². The number of alkyl halides is 3. The van der Waals surface area contributed by atoms with Crippen LogP contribution in [0.2, 0.25) is 0 Å². The molecule has 2 aromatic heterocycles. The predicted molar refractivity (Wildman–Crippen MR) is 349 cm³/mol. The Bertz CT molecular complexity index is 2680. The second kappa shape index (κ2) is 51.0. The van der Waals surface area contributed by atoms with Crippen molar-refractivity contribution in [1.82, 2.24) is 0 Å². The Hall–Kier alpha value is -3.61. The first kappa shape index (κ1) is 95.5. The second-order valence-electron chi connectivity index (χ2n) is 20.8. The molecule has 2 heterocycles. The van der Waals surface area contributed by atoms with Gasteiger partial charge in [0.2, 0.25) is 5.69 Å². The van der Waals surface area contributed by atoms with Gasteiger partial charge in [0.25, 0.3) is 0 Å². The summed E-state index contributed by atoms with van der Waals surface area (Å²) in [6, 6.07) is 12.6. The Morgan fingerprint density at radius 2 is 1.06 bits per heavy atom. The molecule has 20 nitrogen and oxygen atoms in total. The van der Waals surface area contributed by atoms with Gasteiger partial charge in [-0.1, -0.05) is 47.1 Å². The van der Waals surface area contributed by atoms with Crippen molar-refractivity contribution in [3.63, 3.8) is 0 Å². The van der Waals surface area contributed by atoms with Crippen LogP contribution in [0.5, 0.6) is 0 Å². The minimum atomic E-state index is -4.26. The maximum Gasteiger partial charge on any atom is 0 e. The van der Waals surface area contributed by atoms with E-state index in [1.165, 1.54) is 21.3 Å². The summed E-state index contributed by atoms with van der Waals surface area (Å²) in [7, 11) is -1.98. The number of hydrogen-bond donors (Lipinski definition) is 0. The molecule has 0 fully saturated rings. The number of pyridine rings is 2. The van der Waals surface area contributed by atoms with Gasteiger partial charge in [0.15, 0.2) is 18.1 Å². The minimum absolute atomic E-state index is 0. The van der Waals surface area contributed by atoms with Crippen molar-refractivity contribution in [2.45, 2.75) is 146 Å². The van der Waals surface area contributed by atoms with Crippen LogP contribution in [-0.4, -0.2) is 139 Å². The van der Waals surface area contributed by atoms with Crippen molar-refractivity contribution in [1.29, 1.82) is 0 Å². The van der Waals surface area contributed by atoms with Gasteiger partial charge in [0, 0.05) is 84.4 Å². The van der Waals surface area contributed by atoms with Gasteiger partial charge in [-0.3, -0.25) is 19.2 Å². The number of hydrogen-bond acceptors (Lipinski definition) is 19. The van der Waals surface area contributed by atoms with E-state index >= 15 is 0 Å². The van der Waals surface area contributed by atoms with Crippen LogP contribution in [0.25, 0.3) is 6.08 Å². The second-order valence-corrected chi connectivity index (χ2v) is 25.8. The quantitative estimate of drug-likeness (QED) is 0.00781. The summed E-state index contributed by atoms with van der Waals surface area (Å²) in [4.78, 5) is 69.2. The van der Waals surface area contributed by atoms with Crippen LogP contribution >= 0.6 is 56.0 Å². The zero-order valence-corrected chi connectivity index (χ0v) is 60.0. The van der Waals surface area contributed by atoms with Gasteiger partial charge in [0.1, 0.15) is 31.7 Å². The summed E-state index contributed by atoms with van der Waals surface area (Å²) in [5, 5.41) is -0.371. The average Bonchev–Trinajstić information content (AvgIpc) is 1.53. The molecule has 0 saturated carbocycles. The molecule has 0 amide bonds. The summed E-state index contributed by atoms with van der Waals surface area (Å²) >= 11 is 21.6. The third-order valence-electron chi connectivity index (χ3n) is 12.2. The maximum absolute atomic E-state index is 12.8. The molecule has 0 spiro atoms. The fraction of sp³-hybridized carbons (Fsp3) is 0.621. The molecule has 0 bridgehead atoms. The number of nitrogens with zero attached hydrogens (tertiary/aromatic N) is 2. The summed E-state index contributed by atoms with van der Waals surface area (Å²) in [5.41, 5.74) is -0.520. The van der Waals surface area contributed by atoms with Crippen molar-refractivity contribution >= 4 is 131 Å². The van der Waals surface area contributed by atoms with Crippen LogP contribution < -0.4 is 9.13 Å². The van der Waals surface area contributed by atoms with Crippen LogP contribution in [0, 0.1) is 21.7 Å². The van der Waals surface area contributed by atoms with Crippen LogP contribution in [0.1, 0.15) is 145 Å². The van der Waals surface area contributed by atoms with Crippen molar-refractivity contribution in [2.75, 3.05) is 64.4 Å². The zero-order valence-electron chi connectivity index (χ0n) is 52.7. The Morgan fingerprint density at radius 3 is 1.40 bits per heavy atom. The van der Waals surface area contributed by atoms with E-state index in [4.69, 9.17) is 53.8 Å². The zero-order chi connectivity index (χ0) is 67.5. The Kier molecular flexibility index (Phi) is 55.3. The van der Waals surface area contributed by atoms with Crippen molar-refractivity contribution in [3.8, 4) is 0 Å². The molecule has 0 aromatic carbocycles. The molecule has 2 aromatic rings. The monoisotopic (exact) mass is 1410 g/mol. The average molecular weight is 1410 g/mol. The van der Waals surface area contributed by atoms with E-state index in [1.54, 1.807) is 80.6 Å². The van der Waals surface area contributed by atoms with Gasteiger partial charge in [-0.25, -0.2) is 31.0 Å². The molecule has 0 saturated heterocycles. The van der Waals surface area contributed by atoms with Gasteiger partial charge in [-0.2, -0.15) is 4.57 Å². The number of aryl methyl sites for hydroxylation is 2. The summed E-state index contributed by atoms with van der Waals surface area (Å²) in [6.45, 7) is 31.2. The largest absolute Gasteiger partial charge is 0 e. The van der Waals surface area contributed by atoms with Gasteiger partial charge in [-0.15, -0.1) is 34.8 Å². The number of carbonyl (C=O) groups is 6. The third kappa shape index (κ3) is 44.8. The molecule has 2 radical (unpaired) electrons. The van der Waals surface area contributed by atoms with Gasteiger partial charge in [-0.05, 0) is 100.0 Å². The van der Waals surface area contributed by atoms with E-state index in [1.807, 2.05) is 65.6 Å². The third-order valence-corrected chi connectivity index (χ3v) is 15.1. The SMILES string of the molecule is C.C=C(C)C(=O)OC.C=C(C)C(=O)OCCCl.C=Cc1cccc[n+]1CCCS(=O)(=O)[O-].CCC(C)(CC(C)(C)C(=O)OC)C(=O)OCCCC(Cl)c1cccc[n+]1CCCS(=O)(=O)[O-].CCC(C)(CC(C)(C)C(=O)OC)C(=O)OCCCl.P[B]B=S.[V]. The molecule has 4 unspecified atom stereocenters. The van der Waals surface area contributed by atoms with Gasteiger partial charge < -0.3 is 37.5 Å². The van der Waals surface area contributed by atoms with E-state index in [9.17, 15) is 54.7 Å². The Balaban J connectivity index is -0.000000258. The fourth-order valence-electron chi connectivity index (χ4n) is 7.49. The van der Waals surface area contributed by atoms with Crippen LogP contribution in [0.15, 0.2) is 79.7 Å². The number of esters is 6. The number of aromatic nitrogens is 2. The van der Waals surface area contributed by atoms with E-state index in [0.717, 1.165) is 11.4 Å². The maximum atomic E-state index is 12.8. The molecule has 88 heavy (non-hydrogen) atoms. The molecule has 0 aliphatic rings. The van der Waals surface area contributed by atoms with E-state index in [-0.39, 0.29) is 105 Å².